The Kier molecular flexibility index (Phi) is 5.83. The summed E-state index contributed by atoms with van der Waals surface area (Å²) >= 11 is 6.10. The largest absolute Gasteiger partial charge is 0.485 e. The number of benzene rings is 1. The topological polar surface area (TPSA) is 60.2 Å². The normalized spacial score (nSPS) is 20.3. The van der Waals surface area contributed by atoms with Crippen molar-refractivity contribution in [1.82, 2.24) is 15.5 Å². The van der Waals surface area contributed by atoms with Crippen molar-refractivity contribution >= 4 is 22.9 Å². The summed E-state index contributed by atoms with van der Waals surface area (Å²) in [6.07, 6.45) is 9.67. The highest BCUT2D eigenvalue weighted by Gasteiger charge is 2.30. The van der Waals surface area contributed by atoms with Gasteiger partial charge in [-0.1, -0.05) is 55.4 Å². The Hall–Kier alpha value is -3.12. The lowest BCUT2D eigenvalue weighted by Gasteiger charge is -2.17. The van der Waals surface area contributed by atoms with E-state index in [1.54, 1.807) is 18.3 Å². The summed E-state index contributed by atoms with van der Waals surface area (Å²) in [5, 5.41) is 7.35. The predicted molar refractivity (Wildman–Crippen MR) is 119 cm³/mol. The lowest BCUT2D eigenvalue weighted by atomic mass is 9.94. The first-order valence-corrected chi connectivity index (χ1v) is 10.4. The lowest BCUT2D eigenvalue weighted by molar-refractivity contribution is 0.170. The molecule has 5 nitrogen and oxygen atoms in total. The number of hydrogen-bond acceptors (Lipinski definition) is 5. The monoisotopic (exact) mass is 439 g/mol. The van der Waals surface area contributed by atoms with Crippen molar-refractivity contribution in [3.05, 3.63) is 94.7 Å². The number of nitrogens with zero attached hydrogens (tertiary/aromatic N) is 2. The van der Waals surface area contributed by atoms with Crippen molar-refractivity contribution in [1.29, 1.82) is 0 Å². The molecule has 2 atom stereocenters. The van der Waals surface area contributed by atoms with Crippen LogP contribution in [0.2, 0.25) is 5.02 Å². The summed E-state index contributed by atoms with van der Waals surface area (Å²) in [6.45, 7) is 9.84. The van der Waals surface area contributed by atoms with E-state index in [1.807, 2.05) is 39.0 Å². The fraction of sp³-hybridized carbons (Fsp3) is 0.250. The Morgan fingerprint density at radius 3 is 2.84 bits per heavy atom. The molecule has 0 radical (unpaired) electrons. The third kappa shape index (κ3) is 4.35. The molecule has 2 unspecified atom stereocenters. The van der Waals surface area contributed by atoms with Gasteiger partial charge in [0.2, 0.25) is 0 Å². The Morgan fingerprint density at radius 1 is 1.32 bits per heavy atom. The minimum Gasteiger partial charge on any atom is -0.485 e. The molecule has 4 rings (SSSR count). The molecule has 0 fully saturated rings. The Bertz CT molecular complexity index is 1120. The van der Waals surface area contributed by atoms with E-state index in [0.717, 1.165) is 16.9 Å². The predicted octanol–water partition coefficient (Wildman–Crippen LogP) is 6.00. The summed E-state index contributed by atoms with van der Waals surface area (Å²) < 4.78 is 25.5. The fourth-order valence-corrected chi connectivity index (χ4v) is 3.66. The van der Waals surface area contributed by atoms with E-state index >= 15 is 0 Å². The number of aromatic nitrogens is 2. The molecule has 1 aromatic carbocycles. The maximum absolute atomic E-state index is 14.1. The van der Waals surface area contributed by atoms with Crippen LogP contribution < -0.4 is 5.32 Å². The highest BCUT2D eigenvalue weighted by molar-refractivity contribution is 6.32. The van der Waals surface area contributed by atoms with Crippen molar-refractivity contribution in [3.8, 4) is 0 Å². The van der Waals surface area contributed by atoms with Gasteiger partial charge < -0.3 is 14.6 Å². The van der Waals surface area contributed by atoms with E-state index in [0.29, 0.717) is 22.4 Å². The van der Waals surface area contributed by atoms with E-state index in [1.165, 1.54) is 6.07 Å². The molecule has 31 heavy (non-hydrogen) atoms. The smallest absolute Gasteiger partial charge is 0.257 e. The molecule has 2 aliphatic rings. The van der Waals surface area contributed by atoms with Crippen LogP contribution in [0, 0.1) is 11.7 Å². The van der Waals surface area contributed by atoms with E-state index in [9.17, 15) is 4.39 Å². The van der Waals surface area contributed by atoms with E-state index in [2.05, 4.69) is 28.1 Å². The van der Waals surface area contributed by atoms with Crippen LogP contribution in [-0.2, 0) is 4.74 Å². The Labute approximate surface area is 185 Å². The van der Waals surface area contributed by atoms with Crippen LogP contribution in [0.4, 0.5) is 4.39 Å². The van der Waals surface area contributed by atoms with Gasteiger partial charge in [-0.05, 0) is 31.2 Å². The first-order valence-electron chi connectivity index (χ1n) is 10.0. The van der Waals surface area contributed by atoms with Crippen LogP contribution in [0.25, 0.3) is 11.3 Å². The maximum Gasteiger partial charge on any atom is 0.257 e. The van der Waals surface area contributed by atoms with Crippen molar-refractivity contribution in [2.24, 2.45) is 5.92 Å². The highest BCUT2D eigenvalue weighted by Crippen LogP contribution is 2.35. The number of nitrogens with one attached hydrogen (secondary N) is 1. The number of rotatable bonds is 6. The minimum absolute atomic E-state index is 0.0527. The van der Waals surface area contributed by atoms with E-state index in [4.69, 9.17) is 20.9 Å². The third-order valence-corrected chi connectivity index (χ3v) is 5.46. The van der Waals surface area contributed by atoms with Crippen LogP contribution in [0.1, 0.15) is 44.0 Å². The maximum atomic E-state index is 14.1. The Morgan fingerprint density at radius 2 is 2.13 bits per heavy atom. The standard InChI is InChI=1S/C24H23ClFN3O2/c1-13(2)23-28-24(31-29-23)16-8-9-20-17(10-16)11-21(30-20)14(3)12-27-15(4)22-18(25)6-5-7-19(22)26/h5-13,17,20,27H,4H2,1-3H3/b14-12+. The second kappa shape index (κ2) is 8.55. The lowest BCUT2D eigenvalue weighted by Crippen LogP contribution is -2.15. The summed E-state index contributed by atoms with van der Waals surface area (Å²) in [6, 6.07) is 4.53. The molecule has 160 valence electrons. The van der Waals surface area contributed by atoms with Crippen molar-refractivity contribution in [2.45, 2.75) is 32.8 Å². The second-order valence-corrected chi connectivity index (χ2v) is 8.24. The quantitative estimate of drug-likeness (QED) is 0.598. The summed E-state index contributed by atoms with van der Waals surface area (Å²) in [5.74, 6) is 1.76. The van der Waals surface area contributed by atoms with Gasteiger partial charge in [0.25, 0.3) is 5.89 Å². The minimum atomic E-state index is -0.428. The van der Waals surface area contributed by atoms with Gasteiger partial charge in [-0.2, -0.15) is 4.98 Å². The van der Waals surface area contributed by atoms with Crippen LogP contribution in [0.15, 0.2) is 71.1 Å². The molecule has 7 heteroatoms. The SMILES string of the molecule is C=C(N/C=C(\C)C1=CC2C=C(c3nc(C(C)C)no3)C=CC2O1)c1c(F)cccc1Cl. The second-order valence-electron chi connectivity index (χ2n) is 7.83. The molecule has 0 saturated heterocycles. The van der Waals surface area contributed by atoms with Gasteiger partial charge >= 0.3 is 0 Å². The molecular formula is C24H23ClFN3O2. The molecule has 1 aromatic heterocycles. The molecule has 0 amide bonds. The van der Waals surface area contributed by atoms with Crippen LogP contribution >= 0.6 is 11.6 Å². The molecular weight excluding hydrogens is 417 g/mol. The van der Waals surface area contributed by atoms with Crippen LogP contribution in [0.5, 0.6) is 0 Å². The molecule has 1 aliphatic heterocycles. The van der Waals surface area contributed by atoms with Gasteiger partial charge in [0.15, 0.2) is 5.82 Å². The van der Waals surface area contributed by atoms with Gasteiger partial charge in [0, 0.05) is 34.9 Å². The molecule has 1 aliphatic carbocycles. The zero-order valence-electron chi connectivity index (χ0n) is 17.5. The number of fused-ring (bicyclic) bond motifs is 1. The number of ether oxygens (including phenoxy) is 1. The third-order valence-electron chi connectivity index (χ3n) is 5.14. The van der Waals surface area contributed by atoms with Gasteiger partial charge in [-0.25, -0.2) is 4.39 Å². The zero-order valence-corrected chi connectivity index (χ0v) is 18.3. The summed E-state index contributed by atoms with van der Waals surface area (Å²) in [4.78, 5) is 4.46. The van der Waals surface area contributed by atoms with Crippen molar-refractivity contribution in [3.63, 3.8) is 0 Å². The first kappa shape index (κ1) is 21.1. The highest BCUT2D eigenvalue weighted by atomic mass is 35.5. The zero-order chi connectivity index (χ0) is 22.1. The van der Waals surface area contributed by atoms with Crippen molar-refractivity contribution < 1.29 is 13.7 Å². The van der Waals surface area contributed by atoms with E-state index in [-0.39, 0.29) is 23.5 Å². The molecule has 0 bridgehead atoms. The number of hydrogen-bond donors (Lipinski definition) is 1. The van der Waals surface area contributed by atoms with Gasteiger partial charge in [0.05, 0.1) is 10.6 Å². The Balaban J connectivity index is 1.48. The van der Waals surface area contributed by atoms with E-state index < -0.39 is 5.82 Å². The summed E-state index contributed by atoms with van der Waals surface area (Å²) in [7, 11) is 0. The number of allylic oxidation sites excluding steroid dienone is 3. The average molecular weight is 440 g/mol. The van der Waals surface area contributed by atoms with Crippen LogP contribution in [0.3, 0.4) is 0 Å². The molecule has 0 saturated carbocycles. The molecule has 1 N–H and O–H groups in total. The first-order chi connectivity index (χ1) is 14.8. The van der Waals surface area contributed by atoms with Crippen LogP contribution in [-0.4, -0.2) is 16.2 Å². The molecule has 0 spiro atoms. The van der Waals surface area contributed by atoms with Gasteiger partial charge in [-0.15, -0.1) is 0 Å². The molecule has 2 heterocycles. The summed E-state index contributed by atoms with van der Waals surface area (Å²) in [5.41, 5.74) is 2.35. The average Bonchev–Trinajstić information content (AvgIpc) is 3.38. The van der Waals surface area contributed by atoms with Crippen molar-refractivity contribution in [2.75, 3.05) is 0 Å². The van der Waals surface area contributed by atoms with Gasteiger partial charge in [-0.3, -0.25) is 0 Å². The number of halogens is 2. The fourth-order valence-electron chi connectivity index (χ4n) is 3.38. The van der Waals surface area contributed by atoms with Gasteiger partial charge in [0.1, 0.15) is 17.7 Å². The molecule has 2 aromatic rings.